The number of alkyl halides is 6. The second-order valence-electron chi connectivity index (χ2n) is 6.44. The van der Waals surface area contributed by atoms with Gasteiger partial charge >= 0.3 is 12.4 Å². The van der Waals surface area contributed by atoms with Crippen molar-refractivity contribution in [3.05, 3.63) is 35.0 Å². The van der Waals surface area contributed by atoms with E-state index in [9.17, 15) is 31.1 Å². The number of aromatic nitrogens is 1. The number of carbonyl (C=O) groups excluding carboxylic acids is 1. The third-order valence-corrected chi connectivity index (χ3v) is 4.49. The predicted molar refractivity (Wildman–Crippen MR) is 86.1 cm³/mol. The van der Waals surface area contributed by atoms with Gasteiger partial charge in [-0.3, -0.25) is 4.79 Å². The Morgan fingerprint density at radius 2 is 1.78 bits per heavy atom. The zero-order valence-corrected chi connectivity index (χ0v) is 14.1. The van der Waals surface area contributed by atoms with Gasteiger partial charge in [0.2, 0.25) is 5.91 Å². The molecule has 2 aromatic rings. The highest BCUT2D eigenvalue weighted by molar-refractivity contribution is 5.85. The first-order valence-electron chi connectivity index (χ1n) is 8.34. The second-order valence-corrected chi connectivity index (χ2v) is 6.44. The third kappa shape index (κ3) is 4.37. The number of piperazine rings is 1. The number of carbonyl (C=O) groups is 1. The van der Waals surface area contributed by atoms with Crippen LogP contribution in [0.2, 0.25) is 0 Å². The average Bonchev–Trinajstić information content (AvgIpc) is 2.96. The van der Waals surface area contributed by atoms with Crippen molar-refractivity contribution in [1.29, 1.82) is 0 Å². The summed E-state index contributed by atoms with van der Waals surface area (Å²) >= 11 is 0. The first-order chi connectivity index (χ1) is 12.6. The summed E-state index contributed by atoms with van der Waals surface area (Å²) in [5, 5.41) is 2.64. The Morgan fingerprint density at radius 1 is 1.04 bits per heavy atom. The Bertz CT molecular complexity index is 840. The van der Waals surface area contributed by atoms with Crippen LogP contribution in [0.5, 0.6) is 0 Å². The van der Waals surface area contributed by atoms with Crippen LogP contribution in [0.25, 0.3) is 10.9 Å². The lowest BCUT2D eigenvalue weighted by molar-refractivity contribution is -0.142. The van der Waals surface area contributed by atoms with E-state index in [1.54, 1.807) is 4.90 Å². The van der Waals surface area contributed by atoms with Crippen LogP contribution in [0.1, 0.15) is 23.2 Å². The number of nitrogens with zero attached hydrogens (tertiary/aromatic N) is 1. The first kappa shape index (κ1) is 19.5. The molecule has 1 amide bonds. The molecule has 2 heterocycles. The summed E-state index contributed by atoms with van der Waals surface area (Å²) in [6, 6.07) is 2.06. The summed E-state index contributed by atoms with van der Waals surface area (Å²) in [5.74, 6) is -0.0490. The Hall–Kier alpha value is -2.23. The van der Waals surface area contributed by atoms with Crippen molar-refractivity contribution < 1.29 is 31.1 Å². The molecule has 0 aliphatic carbocycles. The van der Waals surface area contributed by atoms with Gasteiger partial charge in [0.25, 0.3) is 0 Å². The van der Waals surface area contributed by atoms with Gasteiger partial charge in [-0.2, -0.15) is 26.3 Å². The van der Waals surface area contributed by atoms with Crippen molar-refractivity contribution in [2.75, 3.05) is 26.2 Å². The number of hydrogen-bond acceptors (Lipinski definition) is 2. The maximum absolute atomic E-state index is 13.2. The minimum atomic E-state index is -4.90. The SMILES string of the molecule is O=C1CNCCN1CCCc1cc2c(C(F)(F)F)cc(C(F)(F)F)cc2[nH]1. The topological polar surface area (TPSA) is 48.1 Å². The molecule has 27 heavy (non-hydrogen) atoms. The molecule has 148 valence electrons. The largest absolute Gasteiger partial charge is 0.417 e. The molecular formula is C17H17F6N3O. The highest BCUT2D eigenvalue weighted by Gasteiger charge is 2.38. The Kier molecular flexibility index (Phi) is 5.11. The maximum Gasteiger partial charge on any atom is 0.417 e. The Balaban J connectivity index is 1.82. The molecule has 0 radical (unpaired) electrons. The number of halogens is 6. The molecule has 0 bridgehead atoms. The van der Waals surface area contributed by atoms with Gasteiger partial charge < -0.3 is 15.2 Å². The van der Waals surface area contributed by atoms with Crippen LogP contribution in [0.15, 0.2) is 18.2 Å². The molecule has 10 heteroatoms. The van der Waals surface area contributed by atoms with E-state index >= 15 is 0 Å². The van der Waals surface area contributed by atoms with Gasteiger partial charge in [-0.25, -0.2) is 0 Å². The number of rotatable bonds is 4. The van der Waals surface area contributed by atoms with E-state index in [1.807, 2.05) is 0 Å². The molecule has 1 saturated heterocycles. The second kappa shape index (κ2) is 7.06. The van der Waals surface area contributed by atoms with Crippen molar-refractivity contribution >= 4 is 16.8 Å². The summed E-state index contributed by atoms with van der Waals surface area (Å²) in [4.78, 5) is 16.0. The summed E-state index contributed by atoms with van der Waals surface area (Å²) in [5.41, 5.74) is -2.46. The summed E-state index contributed by atoms with van der Waals surface area (Å²) in [7, 11) is 0. The molecule has 2 N–H and O–H groups in total. The zero-order chi connectivity index (χ0) is 19.8. The molecule has 1 aromatic carbocycles. The van der Waals surface area contributed by atoms with Crippen LogP contribution in [-0.4, -0.2) is 42.0 Å². The Labute approximate surface area is 150 Å². The lowest BCUT2D eigenvalue weighted by atomic mass is 10.0. The molecular weight excluding hydrogens is 376 g/mol. The molecule has 1 aliphatic heterocycles. The van der Waals surface area contributed by atoms with E-state index in [0.717, 1.165) is 0 Å². The van der Waals surface area contributed by atoms with Crippen LogP contribution in [-0.2, 0) is 23.6 Å². The van der Waals surface area contributed by atoms with E-state index in [-0.39, 0.29) is 29.4 Å². The van der Waals surface area contributed by atoms with Gasteiger partial charge in [-0.05, 0) is 31.0 Å². The number of benzene rings is 1. The normalized spacial score (nSPS) is 16.4. The molecule has 4 nitrogen and oxygen atoms in total. The standard InChI is InChI=1S/C17H17F6N3O/c18-16(19,20)10-6-13(17(21,22)23)12-8-11(25-14(12)7-10)2-1-4-26-5-3-24-9-15(26)27/h6-8,24-25H,1-5,9H2. The molecule has 0 saturated carbocycles. The smallest absolute Gasteiger partial charge is 0.358 e. The van der Waals surface area contributed by atoms with Crippen molar-refractivity contribution in [3.63, 3.8) is 0 Å². The van der Waals surface area contributed by atoms with Crippen LogP contribution in [0, 0.1) is 0 Å². The van der Waals surface area contributed by atoms with Gasteiger partial charge in [0, 0.05) is 36.2 Å². The lowest BCUT2D eigenvalue weighted by Gasteiger charge is -2.27. The number of aryl methyl sites for hydroxylation is 1. The fourth-order valence-corrected chi connectivity index (χ4v) is 3.17. The van der Waals surface area contributed by atoms with Crippen molar-refractivity contribution in [2.45, 2.75) is 25.2 Å². The van der Waals surface area contributed by atoms with Gasteiger partial charge in [0.05, 0.1) is 17.7 Å². The highest BCUT2D eigenvalue weighted by Crippen LogP contribution is 2.40. The predicted octanol–water partition coefficient (Wildman–Crippen LogP) is 3.57. The maximum atomic E-state index is 13.2. The van der Waals surface area contributed by atoms with Crippen LogP contribution in [0.3, 0.4) is 0 Å². The molecule has 0 unspecified atom stereocenters. The fourth-order valence-electron chi connectivity index (χ4n) is 3.17. The van der Waals surface area contributed by atoms with Crippen LogP contribution in [0.4, 0.5) is 26.3 Å². The minimum absolute atomic E-state index is 0.0490. The van der Waals surface area contributed by atoms with Gasteiger partial charge in [-0.1, -0.05) is 0 Å². The molecule has 0 atom stereocenters. The number of aromatic amines is 1. The van der Waals surface area contributed by atoms with Crippen LogP contribution < -0.4 is 5.32 Å². The molecule has 1 fully saturated rings. The molecule has 0 spiro atoms. The summed E-state index contributed by atoms with van der Waals surface area (Å²) in [6.45, 7) is 1.92. The molecule has 3 rings (SSSR count). The summed E-state index contributed by atoms with van der Waals surface area (Å²) < 4.78 is 78.3. The fraction of sp³-hybridized carbons (Fsp3) is 0.471. The van der Waals surface area contributed by atoms with Gasteiger partial charge in [0.1, 0.15) is 0 Å². The van der Waals surface area contributed by atoms with Crippen molar-refractivity contribution in [1.82, 2.24) is 15.2 Å². The number of nitrogens with one attached hydrogen (secondary N) is 2. The van der Waals surface area contributed by atoms with Crippen LogP contribution >= 0.6 is 0 Å². The van der Waals surface area contributed by atoms with E-state index in [2.05, 4.69) is 10.3 Å². The molecule has 1 aromatic heterocycles. The lowest BCUT2D eigenvalue weighted by Crippen LogP contribution is -2.48. The van der Waals surface area contributed by atoms with E-state index < -0.39 is 23.5 Å². The Morgan fingerprint density at radius 3 is 2.41 bits per heavy atom. The van der Waals surface area contributed by atoms with Crippen molar-refractivity contribution in [2.24, 2.45) is 0 Å². The first-order valence-corrected chi connectivity index (χ1v) is 8.34. The van der Waals surface area contributed by atoms with E-state index in [4.69, 9.17) is 0 Å². The summed E-state index contributed by atoms with van der Waals surface area (Å²) in [6.07, 6.45) is -8.95. The van der Waals surface area contributed by atoms with Gasteiger partial charge in [0.15, 0.2) is 0 Å². The zero-order valence-electron chi connectivity index (χ0n) is 14.1. The molecule has 1 aliphatic rings. The average molecular weight is 393 g/mol. The number of hydrogen-bond donors (Lipinski definition) is 2. The van der Waals surface area contributed by atoms with Gasteiger partial charge in [-0.15, -0.1) is 0 Å². The monoisotopic (exact) mass is 393 g/mol. The number of amides is 1. The minimum Gasteiger partial charge on any atom is -0.358 e. The van der Waals surface area contributed by atoms with Crippen molar-refractivity contribution in [3.8, 4) is 0 Å². The number of H-pyrrole nitrogens is 1. The highest BCUT2D eigenvalue weighted by atomic mass is 19.4. The quantitative estimate of drug-likeness (QED) is 0.781. The third-order valence-electron chi connectivity index (χ3n) is 4.49. The number of fused-ring (bicyclic) bond motifs is 1. The van der Waals surface area contributed by atoms with E-state index in [0.29, 0.717) is 44.2 Å². The van der Waals surface area contributed by atoms with E-state index in [1.165, 1.54) is 6.07 Å².